The quantitative estimate of drug-likeness (QED) is 0.570. The Kier molecular flexibility index (Phi) is 7.30. The molecule has 0 fully saturated rings. The number of amides is 1. The van der Waals surface area contributed by atoms with Crippen LogP contribution in [0.25, 0.3) is 0 Å². The maximum absolute atomic E-state index is 11.9. The molecule has 0 aromatic heterocycles. The third kappa shape index (κ3) is 5.49. The van der Waals surface area contributed by atoms with E-state index < -0.39 is 0 Å². The first kappa shape index (κ1) is 15.8. The number of halogens is 1. The van der Waals surface area contributed by atoms with Crippen LogP contribution in [-0.2, 0) is 4.74 Å². The lowest BCUT2D eigenvalue weighted by atomic mass is 10.2. The molecule has 0 atom stereocenters. The number of carbonyl (C=O) groups is 1. The monoisotopic (exact) mass is 284 g/mol. The number of anilines is 1. The zero-order valence-electron chi connectivity index (χ0n) is 11.2. The van der Waals surface area contributed by atoms with Gasteiger partial charge in [0.1, 0.15) is 0 Å². The number of nitrogens with two attached hydrogens (primary N) is 1. The molecule has 0 saturated heterocycles. The van der Waals surface area contributed by atoms with E-state index in [1.807, 2.05) is 0 Å². The molecule has 5 heteroatoms. The van der Waals surface area contributed by atoms with Crippen molar-refractivity contribution in [1.82, 2.24) is 5.32 Å². The van der Waals surface area contributed by atoms with Crippen LogP contribution >= 0.6 is 11.6 Å². The minimum absolute atomic E-state index is 0.203. The Labute approximate surface area is 119 Å². The van der Waals surface area contributed by atoms with Crippen molar-refractivity contribution in [2.45, 2.75) is 26.2 Å². The molecular weight excluding hydrogens is 264 g/mol. The van der Waals surface area contributed by atoms with Crippen LogP contribution in [0.5, 0.6) is 0 Å². The van der Waals surface area contributed by atoms with Gasteiger partial charge in [0.15, 0.2) is 0 Å². The zero-order valence-corrected chi connectivity index (χ0v) is 12.0. The topological polar surface area (TPSA) is 64.3 Å². The summed E-state index contributed by atoms with van der Waals surface area (Å²) in [6, 6.07) is 5.04. The summed E-state index contributed by atoms with van der Waals surface area (Å²) in [5.41, 5.74) is 6.47. The van der Waals surface area contributed by atoms with Crippen LogP contribution in [0.1, 0.15) is 36.5 Å². The van der Waals surface area contributed by atoms with Gasteiger partial charge >= 0.3 is 0 Å². The van der Waals surface area contributed by atoms with E-state index in [0.717, 1.165) is 25.9 Å². The van der Waals surface area contributed by atoms with Crippen LogP contribution in [0.3, 0.4) is 0 Å². The van der Waals surface area contributed by atoms with Crippen LogP contribution in [0.2, 0.25) is 5.02 Å². The summed E-state index contributed by atoms with van der Waals surface area (Å²) in [6.07, 6.45) is 2.99. The zero-order chi connectivity index (χ0) is 14.1. The number of unbranched alkanes of at least 4 members (excludes halogenated alkanes) is 1. The fourth-order valence-corrected chi connectivity index (χ4v) is 1.76. The molecule has 0 aliphatic carbocycles. The van der Waals surface area contributed by atoms with Gasteiger partial charge in [-0.2, -0.15) is 0 Å². The smallest absolute Gasteiger partial charge is 0.252 e. The van der Waals surface area contributed by atoms with Gasteiger partial charge in [-0.3, -0.25) is 4.79 Å². The maximum atomic E-state index is 11.9. The Bertz CT molecular complexity index is 410. The number of carbonyl (C=O) groups excluding carboxylic acids is 1. The molecule has 106 valence electrons. The second-order valence-corrected chi connectivity index (χ2v) is 4.66. The minimum Gasteiger partial charge on any atom is -0.398 e. The lowest BCUT2D eigenvalue weighted by molar-refractivity contribution is 0.0940. The SMILES string of the molecule is CCCCOCCCNC(=O)c1cccc(N)c1Cl. The average Bonchev–Trinajstić information content (AvgIpc) is 2.40. The number of nitrogens with one attached hydrogen (secondary N) is 1. The summed E-state index contributed by atoms with van der Waals surface area (Å²) in [5.74, 6) is -0.203. The number of rotatable bonds is 8. The van der Waals surface area contributed by atoms with Gasteiger partial charge in [0, 0.05) is 19.8 Å². The summed E-state index contributed by atoms with van der Waals surface area (Å²) in [7, 11) is 0. The summed E-state index contributed by atoms with van der Waals surface area (Å²) in [5, 5.41) is 3.10. The van der Waals surface area contributed by atoms with Gasteiger partial charge in [0.2, 0.25) is 0 Å². The molecule has 19 heavy (non-hydrogen) atoms. The molecule has 0 saturated carbocycles. The van der Waals surface area contributed by atoms with E-state index >= 15 is 0 Å². The Balaban J connectivity index is 2.26. The normalized spacial score (nSPS) is 10.4. The molecule has 0 aliphatic rings. The van der Waals surface area contributed by atoms with Gasteiger partial charge in [-0.1, -0.05) is 31.0 Å². The van der Waals surface area contributed by atoms with Crippen molar-refractivity contribution < 1.29 is 9.53 Å². The molecule has 1 amide bonds. The lowest BCUT2D eigenvalue weighted by Crippen LogP contribution is -2.25. The first-order valence-electron chi connectivity index (χ1n) is 6.56. The van der Waals surface area contributed by atoms with Crippen molar-refractivity contribution >= 4 is 23.2 Å². The third-order valence-electron chi connectivity index (χ3n) is 2.67. The molecule has 0 bridgehead atoms. The minimum atomic E-state index is -0.203. The van der Waals surface area contributed by atoms with Crippen molar-refractivity contribution in [3.05, 3.63) is 28.8 Å². The van der Waals surface area contributed by atoms with Crippen LogP contribution in [0.15, 0.2) is 18.2 Å². The van der Waals surface area contributed by atoms with Crippen molar-refractivity contribution in [2.24, 2.45) is 0 Å². The number of hydrogen-bond acceptors (Lipinski definition) is 3. The highest BCUT2D eigenvalue weighted by Gasteiger charge is 2.11. The molecule has 1 aromatic rings. The molecule has 0 radical (unpaired) electrons. The van der Waals surface area contributed by atoms with E-state index in [1.54, 1.807) is 18.2 Å². The van der Waals surface area contributed by atoms with Gasteiger partial charge in [0.05, 0.1) is 16.3 Å². The molecule has 0 spiro atoms. The average molecular weight is 285 g/mol. The van der Waals surface area contributed by atoms with E-state index in [0.29, 0.717) is 29.4 Å². The van der Waals surface area contributed by atoms with Crippen molar-refractivity contribution in [2.75, 3.05) is 25.5 Å². The number of ether oxygens (including phenoxy) is 1. The Morgan fingerprint density at radius 1 is 1.37 bits per heavy atom. The van der Waals surface area contributed by atoms with Crippen LogP contribution in [-0.4, -0.2) is 25.7 Å². The predicted molar refractivity (Wildman–Crippen MR) is 78.5 cm³/mol. The van der Waals surface area contributed by atoms with Crippen LogP contribution in [0.4, 0.5) is 5.69 Å². The highest BCUT2D eigenvalue weighted by Crippen LogP contribution is 2.22. The molecular formula is C14H21ClN2O2. The van der Waals surface area contributed by atoms with Crippen molar-refractivity contribution in [3.63, 3.8) is 0 Å². The molecule has 4 nitrogen and oxygen atoms in total. The maximum Gasteiger partial charge on any atom is 0.252 e. The first-order valence-corrected chi connectivity index (χ1v) is 6.94. The van der Waals surface area contributed by atoms with Gasteiger partial charge in [-0.05, 0) is 25.0 Å². The predicted octanol–water partition coefficient (Wildman–Crippen LogP) is 2.86. The van der Waals surface area contributed by atoms with Crippen molar-refractivity contribution in [1.29, 1.82) is 0 Å². The van der Waals surface area contributed by atoms with E-state index in [9.17, 15) is 4.79 Å². The molecule has 1 rings (SSSR count). The Hall–Kier alpha value is -1.26. The van der Waals surface area contributed by atoms with E-state index in [4.69, 9.17) is 22.1 Å². The number of nitrogen functional groups attached to an aromatic ring is 1. The molecule has 0 unspecified atom stereocenters. The molecule has 1 aromatic carbocycles. The van der Waals surface area contributed by atoms with E-state index in [1.165, 1.54) is 0 Å². The molecule has 3 N–H and O–H groups in total. The summed E-state index contributed by atoms with van der Waals surface area (Å²) in [6.45, 7) is 4.13. The fraction of sp³-hybridized carbons (Fsp3) is 0.500. The van der Waals surface area contributed by atoms with Gasteiger partial charge in [-0.15, -0.1) is 0 Å². The standard InChI is InChI=1S/C14H21ClN2O2/c1-2-3-9-19-10-5-8-17-14(18)11-6-4-7-12(16)13(11)15/h4,6-7H,2-3,5,8-10,16H2,1H3,(H,17,18). The third-order valence-corrected chi connectivity index (χ3v) is 3.09. The fourth-order valence-electron chi connectivity index (χ4n) is 1.55. The highest BCUT2D eigenvalue weighted by atomic mass is 35.5. The van der Waals surface area contributed by atoms with Gasteiger partial charge in [0.25, 0.3) is 5.91 Å². The number of benzene rings is 1. The Morgan fingerprint density at radius 2 is 2.11 bits per heavy atom. The summed E-state index contributed by atoms with van der Waals surface area (Å²) >= 11 is 5.97. The first-order chi connectivity index (χ1) is 9.16. The molecule has 0 heterocycles. The lowest BCUT2D eigenvalue weighted by Gasteiger charge is -2.08. The van der Waals surface area contributed by atoms with Gasteiger partial charge < -0.3 is 15.8 Å². The van der Waals surface area contributed by atoms with E-state index in [2.05, 4.69) is 12.2 Å². The summed E-state index contributed by atoms with van der Waals surface area (Å²) in [4.78, 5) is 11.9. The largest absolute Gasteiger partial charge is 0.398 e. The van der Waals surface area contributed by atoms with Crippen molar-refractivity contribution in [3.8, 4) is 0 Å². The Morgan fingerprint density at radius 3 is 2.84 bits per heavy atom. The van der Waals surface area contributed by atoms with Crippen LogP contribution in [0, 0.1) is 0 Å². The second kappa shape index (κ2) is 8.77. The second-order valence-electron chi connectivity index (χ2n) is 4.28. The van der Waals surface area contributed by atoms with Crippen LogP contribution < -0.4 is 11.1 Å². The van der Waals surface area contributed by atoms with E-state index in [-0.39, 0.29) is 5.91 Å². The number of hydrogen-bond donors (Lipinski definition) is 2. The highest BCUT2D eigenvalue weighted by molar-refractivity contribution is 6.36. The molecule has 0 aliphatic heterocycles. The van der Waals surface area contributed by atoms with Gasteiger partial charge in [-0.25, -0.2) is 0 Å². The summed E-state index contributed by atoms with van der Waals surface area (Å²) < 4.78 is 5.41.